The van der Waals surface area contributed by atoms with E-state index in [1.807, 2.05) is 13.0 Å². The van der Waals surface area contributed by atoms with Crippen molar-refractivity contribution in [1.82, 2.24) is 15.5 Å². The lowest BCUT2D eigenvalue weighted by Gasteiger charge is -2.30. The van der Waals surface area contributed by atoms with Gasteiger partial charge in [0.05, 0.1) is 5.69 Å². The molecule has 0 radical (unpaired) electrons. The minimum Gasteiger partial charge on any atom is -0.343 e. The number of amides is 2. The summed E-state index contributed by atoms with van der Waals surface area (Å²) in [4.78, 5) is 30.9. The molecule has 1 N–H and O–H groups in total. The first-order valence-electron chi connectivity index (χ1n) is 11.6. The fraction of sp³-hybridized carbons (Fsp3) is 0.583. The Bertz CT molecular complexity index is 995. The number of nitrogens with one attached hydrogen (secondary N) is 1. The summed E-state index contributed by atoms with van der Waals surface area (Å²) in [6.07, 6.45) is 7.78. The van der Waals surface area contributed by atoms with Crippen LogP contribution in [0.1, 0.15) is 81.1 Å². The number of aromatic nitrogens is 2. The second-order valence-electron chi connectivity index (χ2n) is 9.09. The Balaban J connectivity index is 1.47. The van der Waals surface area contributed by atoms with E-state index in [0.29, 0.717) is 23.9 Å². The number of aryl methyl sites for hydroxylation is 3. The van der Waals surface area contributed by atoms with Gasteiger partial charge >= 0.3 is 0 Å². The van der Waals surface area contributed by atoms with E-state index in [1.54, 1.807) is 4.90 Å². The normalized spacial score (nSPS) is 18.0. The first-order valence-corrected chi connectivity index (χ1v) is 11.6. The Kier molecular flexibility index (Phi) is 6.58. The fourth-order valence-corrected chi connectivity index (χ4v) is 5.06. The van der Waals surface area contributed by atoms with E-state index in [2.05, 4.69) is 15.5 Å². The molecule has 0 unspecified atom stereocenters. The van der Waals surface area contributed by atoms with Crippen LogP contribution in [0.3, 0.4) is 0 Å². The number of carbonyl (C=O) groups is 2. The van der Waals surface area contributed by atoms with E-state index in [4.69, 9.17) is 4.52 Å². The molecule has 7 nitrogen and oxygen atoms in total. The number of hydrogen-bond donors (Lipinski definition) is 1. The molecule has 2 aliphatic rings. The second-order valence-corrected chi connectivity index (χ2v) is 9.09. The van der Waals surface area contributed by atoms with Gasteiger partial charge < -0.3 is 14.7 Å². The van der Waals surface area contributed by atoms with Crippen molar-refractivity contribution in [3.8, 4) is 0 Å². The smallest absolute Gasteiger partial charge is 0.227 e. The van der Waals surface area contributed by atoms with E-state index in [9.17, 15) is 14.0 Å². The molecular weight excluding hydrogens is 411 g/mol. The summed E-state index contributed by atoms with van der Waals surface area (Å²) >= 11 is 0. The number of halogens is 1. The van der Waals surface area contributed by atoms with Gasteiger partial charge in [-0.05, 0) is 49.8 Å². The van der Waals surface area contributed by atoms with Crippen molar-refractivity contribution in [2.24, 2.45) is 0 Å². The summed E-state index contributed by atoms with van der Waals surface area (Å²) in [5.41, 5.74) is 1.54. The Morgan fingerprint density at radius 3 is 2.66 bits per heavy atom. The molecule has 8 heteroatoms. The minimum atomic E-state index is -0.610. The average Bonchev–Trinajstić information content (AvgIpc) is 3.11. The van der Waals surface area contributed by atoms with Crippen LogP contribution >= 0.6 is 0 Å². The zero-order valence-corrected chi connectivity index (χ0v) is 18.9. The highest BCUT2D eigenvalue weighted by molar-refractivity contribution is 5.94. The summed E-state index contributed by atoms with van der Waals surface area (Å²) in [6.45, 7) is 3.87. The predicted octanol–water partition coefficient (Wildman–Crippen LogP) is 4.11. The van der Waals surface area contributed by atoms with Crippen LogP contribution < -0.4 is 10.2 Å². The molecule has 1 aliphatic heterocycles. The summed E-state index contributed by atoms with van der Waals surface area (Å²) in [5, 5.41) is 7.23. The first kappa shape index (κ1) is 22.4. The van der Waals surface area contributed by atoms with Crippen molar-refractivity contribution >= 4 is 17.5 Å². The van der Waals surface area contributed by atoms with Crippen LogP contribution in [0.2, 0.25) is 0 Å². The third-order valence-electron chi connectivity index (χ3n) is 6.51. The van der Waals surface area contributed by atoms with E-state index in [1.165, 1.54) is 13.0 Å². The van der Waals surface area contributed by atoms with Crippen molar-refractivity contribution in [2.45, 2.75) is 83.6 Å². The molecule has 2 heterocycles. The van der Waals surface area contributed by atoms with Crippen molar-refractivity contribution in [3.05, 3.63) is 40.8 Å². The molecule has 1 fully saturated rings. The average molecular weight is 443 g/mol. The molecule has 0 spiro atoms. The molecular formula is C24H31FN4O3. The lowest BCUT2D eigenvalue weighted by Crippen LogP contribution is -2.45. The number of carbonyl (C=O) groups excluding carboxylic acids is 2. The van der Waals surface area contributed by atoms with Gasteiger partial charge in [0.25, 0.3) is 0 Å². The van der Waals surface area contributed by atoms with Crippen LogP contribution in [0.4, 0.5) is 10.1 Å². The lowest BCUT2D eigenvalue weighted by atomic mass is 9.89. The van der Waals surface area contributed by atoms with Crippen LogP contribution in [-0.2, 0) is 28.0 Å². The van der Waals surface area contributed by atoms with Crippen LogP contribution in [0.5, 0.6) is 0 Å². The van der Waals surface area contributed by atoms with Gasteiger partial charge in [-0.1, -0.05) is 36.9 Å². The maximum Gasteiger partial charge on any atom is 0.227 e. The topological polar surface area (TPSA) is 88.3 Å². The highest BCUT2D eigenvalue weighted by Crippen LogP contribution is 2.35. The van der Waals surface area contributed by atoms with Crippen LogP contribution in [0.15, 0.2) is 16.7 Å². The zero-order valence-electron chi connectivity index (χ0n) is 18.9. The van der Waals surface area contributed by atoms with Gasteiger partial charge in [0.2, 0.25) is 17.7 Å². The molecule has 4 rings (SSSR count). The van der Waals surface area contributed by atoms with Gasteiger partial charge in [-0.3, -0.25) is 9.59 Å². The molecule has 1 aliphatic carbocycles. The third kappa shape index (κ3) is 4.69. The van der Waals surface area contributed by atoms with Gasteiger partial charge in [-0.2, -0.15) is 4.98 Å². The number of fused-ring (bicyclic) bond motifs is 1. The number of benzene rings is 1. The third-order valence-corrected chi connectivity index (χ3v) is 6.51. The molecule has 172 valence electrons. The van der Waals surface area contributed by atoms with Crippen LogP contribution in [0.25, 0.3) is 0 Å². The Labute approximate surface area is 187 Å². The maximum absolute atomic E-state index is 14.6. The molecule has 32 heavy (non-hydrogen) atoms. The van der Waals surface area contributed by atoms with Gasteiger partial charge in [0, 0.05) is 26.3 Å². The van der Waals surface area contributed by atoms with Gasteiger partial charge in [0.15, 0.2) is 5.82 Å². The highest BCUT2D eigenvalue weighted by atomic mass is 19.1. The van der Waals surface area contributed by atoms with Crippen molar-refractivity contribution < 1.29 is 18.5 Å². The minimum absolute atomic E-state index is 0.116. The maximum atomic E-state index is 14.6. The quantitative estimate of drug-likeness (QED) is 0.704. The number of rotatable bonds is 5. The Morgan fingerprint density at radius 1 is 1.19 bits per heavy atom. The molecule has 0 atom stereocenters. The van der Waals surface area contributed by atoms with E-state index in [-0.39, 0.29) is 30.5 Å². The highest BCUT2D eigenvalue weighted by Gasteiger charge is 2.38. The zero-order chi connectivity index (χ0) is 22.7. The second kappa shape index (κ2) is 9.38. The van der Waals surface area contributed by atoms with Gasteiger partial charge in [0.1, 0.15) is 11.4 Å². The van der Waals surface area contributed by atoms with Gasteiger partial charge in [-0.15, -0.1) is 0 Å². The standard InChI is InChI=1S/C24H31FN4O3/c1-16-14-18-8-7-13-29(22(18)19(25)15-16)21(31)10-9-20-26-23(28-32-20)24(27-17(2)30)11-5-3-4-6-12-24/h14-15H,3-13H2,1-2H3,(H,27,30). The molecule has 1 aromatic carbocycles. The van der Waals surface area contributed by atoms with E-state index in [0.717, 1.165) is 62.5 Å². The van der Waals surface area contributed by atoms with Crippen molar-refractivity contribution in [3.63, 3.8) is 0 Å². The largest absolute Gasteiger partial charge is 0.343 e. The molecule has 0 saturated heterocycles. The molecule has 2 aromatic rings. The fourth-order valence-electron chi connectivity index (χ4n) is 5.06. The number of nitrogens with zero attached hydrogens (tertiary/aromatic N) is 3. The Hall–Kier alpha value is -2.77. The SMILES string of the molecule is CC(=O)NC1(c2noc(CCC(=O)N3CCCc4cc(C)cc(F)c43)n2)CCCCCC1. The summed E-state index contributed by atoms with van der Waals surface area (Å²) in [7, 11) is 0. The van der Waals surface area contributed by atoms with Crippen LogP contribution in [-0.4, -0.2) is 28.5 Å². The Morgan fingerprint density at radius 2 is 1.94 bits per heavy atom. The van der Waals surface area contributed by atoms with Gasteiger partial charge in [-0.25, -0.2) is 4.39 Å². The summed E-state index contributed by atoms with van der Waals surface area (Å²) < 4.78 is 20.1. The van der Waals surface area contributed by atoms with Crippen LogP contribution in [0, 0.1) is 12.7 Å². The molecule has 2 amide bonds. The summed E-state index contributed by atoms with van der Waals surface area (Å²) in [6, 6.07) is 3.43. The lowest BCUT2D eigenvalue weighted by molar-refractivity contribution is -0.121. The number of anilines is 1. The molecule has 0 bridgehead atoms. The predicted molar refractivity (Wildman–Crippen MR) is 118 cm³/mol. The van der Waals surface area contributed by atoms with E-state index < -0.39 is 5.54 Å². The number of hydrogen-bond acceptors (Lipinski definition) is 5. The van der Waals surface area contributed by atoms with Crippen molar-refractivity contribution in [2.75, 3.05) is 11.4 Å². The van der Waals surface area contributed by atoms with Crippen molar-refractivity contribution in [1.29, 1.82) is 0 Å². The summed E-state index contributed by atoms with van der Waals surface area (Å²) in [5.74, 6) is 0.235. The first-order chi connectivity index (χ1) is 15.4. The monoisotopic (exact) mass is 442 g/mol. The molecule has 1 aromatic heterocycles. The molecule has 1 saturated carbocycles. The van der Waals surface area contributed by atoms with E-state index >= 15 is 0 Å².